The van der Waals surface area contributed by atoms with Crippen LogP contribution in [0.5, 0.6) is 5.75 Å². The van der Waals surface area contributed by atoms with Crippen LogP contribution < -0.4 is 11.1 Å². The third-order valence-corrected chi connectivity index (χ3v) is 3.43. The van der Waals surface area contributed by atoms with E-state index in [0.29, 0.717) is 4.47 Å². The third-order valence-electron chi connectivity index (χ3n) is 2.76. The number of aromatic hydroxyl groups is 1. The Morgan fingerprint density at radius 2 is 2.24 bits per heavy atom. The van der Waals surface area contributed by atoms with Crippen molar-refractivity contribution in [2.75, 3.05) is 5.32 Å². The molecule has 0 unspecified atom stereocenters. The molecule has 110 valence electrons. The number of hydrogen-bond donors (Lipinski definition) is 4. The fourth-order valence-electron chi connectivity index (χ4n) is 1.66. The number of amides is 1. The summed E-state index contributed by atoms with van der Waals surface area (Å²) in [4.78, 5) is 12.2. The second kappa shape index (κ2) is 5.83. The number of phenolic OH excluding ortho intramolecular Hbond substituents is 1. The topological polar surface area (TPSA) is 126 Å². The molecule has 0 aliphatic carbocycles. The van der Waals surface area contributed by atoms with Crippen molar-refractivity contribution in [1.29, 1.82) is 0 Å². The van der Waals surface area contributed by atoms with Crippen LogP contribution in [-0.2, 0) is 7.05 Å². The summed E-state index contributed by atoms with van der Waals surface area (Å²) in [5.74, 6) is -0.410. The zero-order chi connectivity index (χ0) is 15.6. The second-order valence-corrected chi connectivity index (χ2v) is 4.99. The zero-order valence-corrected chi connectivity index (χ0v) is 12.5. The number of hydrogen-bond acceptors (Lipinski definition) is 5. The Bertz CT molecular complexity index is 726. The number of nitrogens with zero attached hydrogens (tertiary/aromatic N) is 3. The molecule has 9 heteroatoms. The zero-order valence-electron chi connectivity index (χ0n) is 10.9. The second-order valence-electron chi connectivity index (χ2n) is 4.14. The molecular formula is C12H12BrN5O3. The van der Waals surface area contributed by atoms with E-state index in [9.17, 15) is 9.90 Å². The number of nitrogens with one attached hydrogen (secondary N) is 1. The van der Waals surface area contributed by atoms with Gasteiger partial charge in [0.05, 0.1) is 16.2 Å². The molecule has 0 atom stereocenters. The van der Waals surface area contributed by atoms with E-state index in [0.717, 1.165) is 0 Å². The van der Waals surface area contributed by atoms with E-state index in [1.807, 2.05) is 0 Å². The van der Waals surface area contributed by atoms with Crippen LogP contribution >= 0.6 is 15.9 Å². The van der Waals surface area contributed by atoms with Crippen LogP contribution in [0.15, 0.2) is 34.0 Å². The molecule has 0 aliphatic rings. The van der Waals surface area contributed by atoms with Crippen molar-refractivity contribution in [2.45, 2.75) is 0 Å². The first-order valence-electron chi connectivity index (χ1n) is 5.73. The van der Waals surface area contributed by atoms with Crippen LogP contribution in [0.25, 0.3) is 0 Å². The number of aryl methyl sites for hydroxylation is 1. The molecule has 0 bridgehead atoms. The highest BCUT2D eigenvalue weighted by Gasteiger charge is 2.16. The van der Waals surface area contributed by atoms with Gasteiger partial charge in [0.2, 0.25) is 0 Å². The van der Waals surface area contributed by atoms with E-state index >= 15 is 0 Å². The fraction of sp³-hybridized carbons (Fsp3) is 0.0833. The summed E-state index contributed by atoms with van der Waals surface area (Å²) in [6, 6.07) is 4.41. The van der Waals surface area contributed by atoms with Gasteiger partial charge < -0.3 is 21.4 Å². The normalized spacial score (nSPS) is 11.4. The maximum absolute atomic E-state index is 12.2. The van der Waals surface area contributed by atoms with Crippen LogP contribution in [0.2, 0.25) is 0 Å². The Labute approximate surface area is 128 Å². The number of anilines is 1. The number of carbonyl (C=O) groups is 1. The number of aromatic nitrogens is 2. The highest BCUT2D eigenvalue weighted by Crippen LogP contribution is 2.25. The minimum absolute atomic E-state index is 0.0516. The molecule has 0 aliphatic heterocycles. The van der Waals surface area contributed by atoms with Crippen LogP contribution in [0.3, 0.4) is 0 Å². The van der Waals surface area contributed by atoms with Gasteiger partial charge in [-0.3, -0.25) is 9.48 Å². The maximum Gasteiger partial charge on any atom is 0.256 e. The number of amidine groups is 1. The van der Waals surface area contributed by atoms with E-state index in [2.05, 4.69) is 31.5 Å². The van der Waals surface area contributed by atoms with Gasteiger partial charge in [0.15, 0.2) is 5.84 Å². The number of rotatable bonds is 3. The smallest absolute Gasteiger partial charge is 0.256 e. The lowest BCUT2D eigenvalue weighted by molar-refractivity contribution is 0.102. The van der Waals surface area contributed by atoms with Crippen LogP contribution in [0.1, 0.15) is 15.9 Å². The van der Waals surface area contributed by atoms with Gasteiger partial charge in [-0.1, -0.05) is 5.16 Å². The van der Waals surface area contributed by atoms with E-state index in [1.165, 1.54) is 16.9 Å². The molecule has 21 heavy (non-hydrogen) atoms. The van der Waals surface area contributed by atoms with Gasteiger partial charge in [-0.15, -0.1) is 0 Å². The molecule has 0 saturated heterocycles. The van der Waals surface area contributed by atoms with Crippen molar-refractivity contribution in [3.63, 3.8) is 0 Å². The summed E-state index contributed by atoms with van der Waals surface area (Å²) in [5.41, 5.74) is 6.05. The van der Waals surface area contributed by atoms with Crippen molar-refractivity contribution < 1.29 is 15.1 Å². The SMILES string of the molecule is Cn1ncc(/C(N)=N/O)c1NC(=O)c1ccc(Br)c(O)c1. The molecule has 1 aromatic heterocycles. The largest absolute Gasteiger partial charge is 0.507 e. The molecule has 1 amide bonds. The predicted molar refractivity (Wildman–Crippen MR) is 79.5 cm³/mol. The first-order valence-corrected chi connectivity index (χ1v) is 6.53. The van der Waals surface area contributed by atoms with Crippen molar-refractivity contribution in [2.24, 2.45) is 17.9 Å². The molecule has 0 radical (unpaired) electrons. The minimum Gasteiger partial charge on any atom is -0.507 e. The lowest BCUT2D eigenvalue weighted by Gasteiger charge is -2.08. The predicted octanol–water partition coefficient (Wildman–Crippen LogP) is 1.23. The molecule has 1 heterocycles. The number of carbonyl (C=O) groups excluding carboxylic acids is 1. The molecule has 0 fully saturated rings. The van der Waals surface area contributed by atoms with Crippen LogP contribution in [-0.4, -0.2) is 31.8 Å². The first-order chi connectivity index (χ1) is 9.93. The molecule has 2 rings (SSSR count). The molecule has 0 spiro atoms. The quantitative estimate of drug-likeness (QED) is 0.286. The summed E-state index contributed by atoms with van der Waals surface area (Å²) in [7, 11) is 1.60. The van der Waals surface area contributed by atoms with E-state index in [1.54, 1.807) is 19.2 Å². The summed E-state index contributed by atoms with van der Waals surface area (Å²) in [6.45, 7) is 0. The van der Waals surface area contributed by atoms with Gasteiger partial charge in [-0.25, -0.2) is 0 Å². The van der Waals surface area contributed by atoms with Gasteiger partial charge >= 0.3 is 0 Å². The summed E-state index contributed by atoms with van der Waals surface area (Å²) >= 11 is 3.13. The molecule has 1 aromatic carbocycles. The summed E-state index contributed by atoms with van der Waals surface area (Å²) in [6.07, 6.45) is 1.36. The van der Waals surface area contributed by atoms with Crippen molar-refractivity contribution in [3.05, 3.63) is 40.0 Å². The molecule has 2 aromatic rings. The highest BCUT2D eigenvalue weighted by atomic mass is 79.9. The van der Waals surface area contributed by atoms with E-state index in [4.69, 9.17) is 10.9 Å². The van der Waals surface area contributed by atoms with Crippen LogP contribution in [0.4, 0.5) is 5.82 Å². The Hall–Kier alpha value is -2.55. The maximum atomic E-state index is 12.2. The number of nitrogens with two attached hydrogens (primary N) is 1. The average Bonchev–Trinajstić information content (AvgIpc) is 2.82. The number of benzene rings is 1. The van der Waals surface area contributed by atoms with E-state index in [-0.39, 0.29) is 28.5 Å². The standard InChI is InChI=1S/C12H12BrN5O3/c1-18-11(7(5-15-18)10(14)17-21)16-12(20)6-2-3-8(13)9(19)4-6/h2-5,19,21H,1H3,(H2,14,17)(H,16,20). The highest BCUT2D eigenvalue weighted by molar-refractivity contribution is 9.10. The average molecular weight is 354 g/mol. The van der Waals surface area contributed by atoms with E-state index < -0.39 is 5.91 Å². The van der Waals surface area contributed by atoms with Gasteiger partial charge in [0.25, 0.3) is 5.91 Å². The lowest BCUT2D eigenvalue weighted by atomic mass is 10.2. The molecular weight excluding hydrogens is 342 g/mol. The Morgan fingerprint density at radius 3 is 2.86 bits per heavy atom. The number of phenols is 1. The van der Waals surface area contributed by atoms with Gasteiger partial charge in [-0.2, -0.15) is 5.10 Å². The molecule has 8 nitrogen and oxygen atoms in total. The lowest BCUT2D eigenvalue weighted by Crippen LogP contribution is -2.20. The van der Waals surface area contributed by atoms with Crippen molar-refractivity contribution >= 4 is 33.5 Å². The first kappa shape index (κ1) is 14.9. The molecule has 0 saturated carbocycles. The number of halogens is 1. The fourth-order valence-corrected chi connectivity index (χ4v) is 1.91. The Balaban J connectivity index is 2.31. The van der Waals surface area contributed by atoms with Gasteiger partial charge in [-0.05, 0) is 34.1 Å². The van der Waals surface area contributed by atoms with Gasteiger partial charge in [0, 0.05) is 12.6 Å². The number of oxime groups is 1. The molecule has 5 N–H and O–H groups in total. The summed E-state index contributed by atoms with van der Waals surface area (Å²) in [5, 5.41) is 27.7. The minimum atomic E-state index is -0.464. The van der Waals surface area contributed by atoms with Crippen molar-refractivity contribution in [1.82, 2.24) is 9.78 Å². The van der Waals surface area contributed by atoms with Gasteiger partial charge in [0.1, 0.15) is 11.6 Å². The van der Waals surface area contributed by atoms with Crippen LogP contribution in [0, 0.1) is 0 Å². The summed E-state index contributed by atoms with van der Waals surface area (Å²) < 4.78 is 1.86. The Kier molecular flexibility index (Phi) is 4.13. The Morgan fingerprint density at radius 1 is 1.52 bits per heavy atom. The third kappa shape index (κ3) is 2.97. The monoisotopic (exact) mass is 353 g/mol. The van der Waals surface area contributed by atoms with Crippen molar-refractivity contribution in [3.8, 4) is 5.75 Å².